The molecule has 0 spiro atoms. The fourth-order valence-electron chi connectivity index (χ4n) is 1.82. The van der Waals surface area contributed by atoms with Gasteiger partial charge in [-0.2, -0.15) is 0 Å². The zero-order valence-electron chi connectivity index (χ0n) is 9.01. The van der Waals surface area contributed by atoms with Crippen molar-refractivity contribution >= 4 is 27.5 Å². The van der Waals surface area contributed by atoms with Gasteiger partial charge in [0.15, 0.2) is 0 Å². The van der Waals surface area contributed by atoms with Crippen LogP contribution in [0, 0.1) is 0 Å². The van der Waals surface area contributed by atoms with Crippen molar-refractivity contribution in [2.75, 3.05) is 18.8 Å². The van der Waals surface area contributed by atoms with Gasteiger partial charge in [0.2, 0.25) is 0 Å². The van der Waals surface area contributed by atoms with Gasteiger partial charge in [-0.25, -0.2) is 0 Å². The normalized spacial score (nSPS) is 24.1. The van der Waals surface area contributed by atoms with Crippen LogP contribution in [0.4, 0.5) is 5.69 Å². The van der Waals surface area contributed by atoms with Crippen molar-refractivity contribution < 1.29 is 15.0 Å². The van der Waals surface area contributed by atoms with Gasteiger partial charge in [-0.3, -0.25) is 4.79 Å². The topological polar surface area (TPSA) is 86.8 Å². The Labute approximate surface area is 107 Å². The van der Waals surface area contributed by atoms with Gasteiger partial charge in [0.05, 0.1) is 22.2 Å². The zero-order valence-corrected chi connectivity index (χ0v) is 10.6. The summed E-state index contributed by atoms with van der Waals surface area (Å²) in [7, 11) is 0. The Morgan fingerprint density at radius 3 is 2.53 bits per heavy atom. The third-order valence-corrected chi connectivity index (χ3v) is 3.69. The highest BCUT2D eigenvalue weighted by Crippen LogP contribution is 2.26. The van der Waals surface area contributed by atoms with E-state index in [1.165, 1.54) is 4.90 Å². The average molecular weight is 301 g/mol. The van der Waals surface area contributed by atoms with Gasteiger partial charge in [0, 0.05) is 18.8 Å². The maximum atomic E-state index is 12.1. The lowest BCUT2D eigenvalue weighted by Gasteiger charge is -2.16. The van der Waals surface area contributed by atoms with Crippen LogP contribution in [0.2, 0.25) is 0 Å². The number of hydrogen-bond acceptors (Lipinski definition) is 4. The van der Waals surface area contributed by atoms with E-state index < -0.39 is 12.2 Å². The van der Waals surface area contributed by atoms with E-state index in [0.29, 0.717) is 15.7 Å². The number of amides is 1. The van der Waals surface area contributed by atoms with E-state index in [2.05, 4.69) is 15.9 Å². The van der Waals surface area contributed by atoms with Crippen molar-refractivity contribution in [2.24, 2.45) is 0 Å². The Balaban J connectivity index is 2.24. The van der Waals surface area contributed by atoms with Crippen LogP contribution in [0.25, 0.3) is 0 Å². The molecule has 2 unspecified atom stereocenters. The van der Waals surface area contributed by atoms with Gasteiger partial charge in [0.1, 0.15) is 0 Å². The summed E-state index contributed by atoms with van der Waals surface area (Å²) in [5, 5.41) is 18.8. The summed E-state index contributed by atoms with van der Waals surface area (Å²) < 4.78 is 0.542. The van der Waals surface area contributed by atoms with Crippen LogP contribution in [0.1, 0.15) is 10.4 Å². The number of benzene rings is 1. The first-order chi connectivity index (χ1) is 8.00. The second kappa shape index (κ2) is 4.64. The minimum Gasteiger partial charge on any atom is -0.398 e. The number of nitrogens with two attached hydrogens (primary N) is 1. The third-order valence-electron chi connectivity index (χ3n) is 2.81. The van der Waals surface area contributed by atoms with Gasteiger partial charge < -0.3 is 20.8 Å². The molecule has 0 aliphatic carbocycles. The van der Waals surface area contributed by atoms with Crippen LogP contribution in [-0.4, -0.2) is 46.3 Å². The minimum absolute atomic E-state index is 0.140. The number of aliphatic hydroxyl groups excluding tert-OH is 2. The van der Waals surface area contributed by atoms with Crippen LogP contribution in [0.5, 0.6) is 0 Å². The number of halogens is 1. The van der Waals surface area contributed by atoms with E-state index in [0.717, 1.165) is 0 Å². The van der Waals surface area contributed by atoms with Crippen molar-refractivity contribution in [2.45, 2.75) is 12.2 Å². The zero-order chi connectivity index (χ0) is 12.6. The Bertz CT molecular complexity index is 442. The van der Waals surface area contributed by atoms with Crippen LogP contribution in [0.3, 0.4) is 0 Å². The predicted molar refractivity (Wildman–Crippen MR) is 66.5 cm³/mol. The van der Waals surface area contributed by atoms with Gasteiger partial charge in [-0.1, -0.05) is 6.07 Å². The van der Waals surface area contributed by atoms with E-state index in [1.54, 1.807) is 18.2 Å². The smallest absolute Gasteiger partial charge is 0.255 e. The van der Waals surface area contributed by atoms with Crippen molar-refractivity contribution in [1.29, 1.82) is 0 Å². The summed E-state index contributed by atoms with van der Waals surface area (Å²) in [5.74, 6) is -0.250. The number of β-amino-alcohol motifs (C(OH)–C–C–N with tert-alkyl or cyclic N) is 2. The van der Waals surface area contributed by atoms with Gasteiger partial charge in [0.25, 0.3) is 5.91 Å². The first-order valence-corrected chi connectivity index (χ1v) is 5.99. The molecule has 1 amide bonds. The number of likely N-dealkylation sites (tertiary alicyclic amines) is 1. The van der Waals surface area contributed by atoms with Gasteiger partial charge in [-0.05, 0) is 28.1 Å². The van der Waals surface area contributed by atoms with E-state index >= 15 is 0 Å². The van der Waals surface area contributed by atoms with Crippen molar-refractivity contribution in [1.82, 2.24) is 4.90 Å². The van der Waals surface area contributed by atoms with Gasteiger partial charge in [-0.15, -0.1) is 0 Å². The molecular formula is C11H13BrN2O3. The molecule has 6 heteroatoms. The molecule has 1 aliphatic rings. The number of hydrogen-bond donors (Lipinski definition) is 3. The first-order valence-electron chi connectivity index (χ1n) is 5.20. The lowest BCUT2D eigenvalue weighted by atomic mass is 10.2. The Hall–Kier alpha value is -1.11. The molecule has 0 radical (unpaired) electrons. The molecule has 1 aliphatic heterocycles. The van der Waals surface area contributed by atoms with E-state index in [1.807, 2.05) is 0 Å². The van der Waals surface area contributed by atoms with E-state index in [-0.39, 0.29) is 19.0 Å². The predicted octanol–water partition coefficient (Wildman–Crippen LogP) is 0.209. The van der Waals surface area contributed by atoms with Crippen LogP contribution < -0.4 is 5.73 Å². The lowest BCUT2D eigenvalue weighted by molar-refractivity contribution is 0.0572. The highest BCUT2D eigenvalue weighted by Gasteiger charge is 2.33. The lowest BCUT2D eigenvalue weighted by Crippen LogP contribution is -2.30. The number of carbonyl (C=O) groups is 1. The molecule has 5 nitrogen and oxygen atoms in total. The van der Waals surface area contributed by atoms with Crippen LogP contribution in [0.15, 0.2) is 22.7 Å². The van der Waals surface area contributed by atoms with Crippen LogP contribution >= 0.6 is 15.9 Å². The molecule has 2 atom stereocenters. The first kappa shape index (κ1) is 12.3. The molecule has 0 bridgehead atoms. The van der Waals surface area contributed by atoms with E-state index in [4.69, 9.17) is 5.73 Å². The molecule has 1 aromatic carbocycles. The highest BCUT2D eigenvalue weighted by atomic mass is 79.9. The van der Waals surface area contributed by atoms with Crippen LogP contribution in [-0.2, 0) is 0 Å². The number of aliphatic hydroxyl groups is 2. The number of rotatable bonds is 1. The maximum absolute atomic E-state index is 12.1. The number of nitrogen functional groups attached to an aromatic ring is 1. The molecule has 92 valence electrons. The minimum atomic E-state index is -0.876. The highest BCUT2D eigenvalue weighted by molar-refractivity contribution is 9.10. The van der Waals surface area contributed by atoms with Gasteiger partial charge >= 0.3 is 0 Å². The molecule has 1 fully saturated rings. The SMILES string of the molecule is Nc1cccc(C(=O)N2CC(O)C(O)C2)c1Br. The van der Waals surface area contributed by atoms with Crippen molar-refractivity contribution in [3.63, 3.8) is 0 Å². The standard InChI is InChI=1S/C11H13BrN2O3/c12-10-6(2-1-3-7(10)13)11(17)14-4-8(15)9(16)5-14/h1-3,8-9,15-16H,4-5,13H2. The molecule has 1 saturated heterocycles. The molecular weight excluding hydrogens is 288 g/mol. The molecule has 0 aromatic heterocycles. The summed E-state index contributed by atoms with van der Waals surface area (Å²) in [5.41, 5.74) is 6.61. The number of anilines is 1. The summed E-state index contributed by atoms with van der Waals surface area (Å²) in [6.45, 7) is 0.280. The van der Waals surface area contributed by atoms with Crippen molar-refractivity contribution in [3.8, 4) is 0 Å². The average Bonchev–Trinajstić information content (AvgIpc) is 2.62. The quantitative estimate of drug-likeness (QED) is 0.647. The summed E-state index contributed by atoms with van der Waals surface area (Å²) >= 11 is 3.26. The fraction of sp³-hybridized carbons (Fsp3) is 0.364. The summed E-state index contributed by atoms with van der Waals surface area (Å²) in [4.78, 5) is 13.5. The Kier molecular flexibility index (Phi) is 3.37. The molecule has 2 rings (SSSR count). The monoisotopic (exact) mass is 300 g/mol. The molecule has 1 aromatic rings. The molecule has 17 heavy (non-hydrogen) atoms. The fourth-order valence-corrected chi connectivity index (χ4v) is 2.25. The maximum Gasteiger partial charge on any atom is 0.255 e. The summed E-state index contributed by atoms with van der Waals surface area (Å²) in [6.07, 6.45) is -1.75. The van der Waals surface area contributed by atoms with E-state index in [9.17, 15) is 15.0 Å². The number of nitrogens with zero attached hydrogens (tertiary/aromatic N) is 1. The second-order valence-electron chi connectivity index (χ2n) is 4.05. The Morgan fingerprint density at radius 2 is 1.94 bits per heavy atom. The molecule has 1 heterocycles. The van der Waals surface area contributed by atoms with Crippen molar-refractivity contribution in [3.05, 3.63) is 28.2 Å². The summed E-state index contributed by atoms with van der Waals surface area (Å²) in [6, 6.07) is 5.03. The second-order valence-corrected chi connectivity index (χ2v) is 4.85. The number of carbonyl (C=O) groups excluding carboxylic acids is 1. The molecule has 4 N–H and O–H groups in total. The largest absolute Gasteiger partial charge is 0.398 e. The molecule has 0 saturated carbocycles. The third kappa shape index (κ3) is 2.29. The Morgan fingerprint density at radius 1 is 1.35 bits per heavy atom.